The van der Waals surface area contributed by atoms with E-state index in [4.69, 9.17) is 5.73 Å². The van der Waals surface area contributed by atoms with Crippen molar-refractivity contribution in [3.05, 3.63) is 30.0 Å². The number of hydrogen-bond acceptors (Lipinski definition) is 3. The molecule has 20 heavy (non-hydrogen) atoms. The lowest BCUT2D eigenvalue weighted by Gasteiger charge is -2.06. The number of aryl methyl sites for hydroxylation is 1. The van der Waals surface area contributed by atoms with E-state index in [1.807, 2.05) is 22.9 Å². The third-order valence-corrected chi connectivity index (χ3v) is 3.72. The zero-order valence-electron chi connectivity index (χ0n) is 12.3. The fraction of sp³-hybridized carbons (Fsp3) is 0.500. The molecule has 0 saturated carbocycles. The van der Waals surface area contributed by atoms with Crippen LogP contribution in [0, 0.1) is 5.92 Å². The summed E-state index contributed by atoms with van der Waals surface area (Å²) in [6.07, 6.45) is 1.87. The molecule has 0 amide bonds. The molecule has 1 heterocycles. The van der Waals surface area contributed by atoms with Gasteiger partial charge in [0.05, 0.1) is 17.6 Å². The number of fused-ring (bicyclic) bond motifs is 1. The van der Waals surface area contributed by atoms with Crippen LogP contribution in [0.15, 0.2) is 24.3 Å². The van der Waals surface area contributed by atoms with Gasteiger partial charge in [-0.15, -0.1) is 0 Å². The predicted molar refractivity (Wildman–Crippen MR) is 81.6 cm³/mol. The zero-order chi connectivity index (χ0) is 14.5. The summed E-state index contributed by atoms with van der Waals surface area (Å²) in [5.74, 6) is 0.653. The summed E-state index contributed by atoms with van der Waals surface area (Å²) in [5.41, 5.74) is 7.58. The van der Waals surface area contributed by atoms with E-state index in [0.717, 1.165) is 29.6 Å². The van der Waals surface area contributed by atoms with Gasteiger partial charge in [0.25, 0.3) is 0 Å². The lowest BCUT2D eigenvalue weighted by atomic mass is 10.0. The number of carbonyl (C=O) groups is 1. The van der Waals surface area contributed by atoms with Gasteiger partial charge in [-0.1, -0.05) is 25.1 Å². The number of aromatic nitrogens is 2. The number of nitrogens with zero attached hydrogens (tertiary/aromatic N) is 2. The van der Waals surface area contributed by atoms with E-state index in [1.165, 1.54) is 0 Å². The van der Waals surface area contributed by atoms with Crippen molar-refractivity contribution in [3.63, 3.8) is 0 Å². The molecule has 0 spiro atoms. The number of rotatable bonds is 7. The van der Waals surface area contributed by atoms with E-state index in [2.05, 4.69) is 25.0 Å². The number of para-hydroxylation sites is 1. The van der Waals surface area contributed by atoms with E-state index < -0.39 is 0 Å². The summed E-state index contributed by atoms with van der Waals surface area (Å²) in [6, 6.07) is 8.09. The van der Waals surface area contributed by atoms with Crippen LogP contribution in [0.4, 0.5) is 0 Å². The maximum Gasteiger partial charge on any atom is 0.138 e. The number of carbonyl (C=O) groups excluding carboxylic acids is 1. The second-order valence-corrected chi connectivity index (χ2v) is 5.37. The van der Waals surface area contributed by atoms with Crippen molar-refractivity contribution >= 4 is 16.7 Å². The van der Waals surface area contributed by atoms with Crippen molar-refractivity contribution < 1.29 is 4.79 Å². The van der Waals surface area contributed by atoms with Gasteiger partial charge in [0, 0.05) is 18.4 Å². The molecule has 1 atom stereocenters. The summed E-state index contributed by atoms with van der Waals surface area (Å²) in [7, 11) is 0. The number of Topliss-reactive ketones (excluding diaryl/α,β-unsaturated/α-hetero) is 1. The lowest BCUT2D eigenvalue weighted by molar-refractivity contribution is -0.118. The van der Waals surface area contributed by atoms with E-state index in [0.29, 0.717) is 25.3 Å². The quantitative estimate of drug-likeness (QED) is 0.843. The molecule has 2 rings (SSSR count). The van der Waals surface area contributed by atoms with Crippen LogP contribution >= 0.6 is 0 Å². The van der Waals surface area contributed by atoms with Crippen LogP contribution in [-0.2, 0) is 17.8 Å². The zero-order valence-corrected chi connectivity index (χ0v) is 12.3. The molecule has 108 valence electrons. The minimum Gasteiger partial charge on any atom is -0.330 e. The molecule has 4 nitrogen and oxygen atoms in total. The summed E-state index contributed by atoms with van der Waals surface area (Å²) < 4.78 is 1.96. The molecular formula is C16H23N3O. The van der Waals surface area contributed by atoms with E-state index in [9.17, 15) is 4.79 Å². The van der Waals surface area contributed by atoms with E-state index in [1.54, 1.807) is 0 Å². The van der Waals surface area contributed by atoms with Crippen molar-refractivity contribution in [3.8, 4) is 0 Å². The Morgan fingerprint density at radius 2 is 2.15 bits per heavy atom. The molecule has 1 aromatic carbocycles. The molecule has 0 aliphatic heterocycles. The van der Waals surface area contributed by atoms with Gasteiger partial charge in [-0.2, -0.15) is 5.10 Å². The summed E-state index contributed by atoms with van der Waals surface area (Å²) >= 11 is 0. The Hall–Kier alpha value is -1.68. The highest BCUT2D eigenvalue weighted by Gasteiger charge is 2.13. The molecule has 1 aromatic heterocycles. The van der Waals surface area contributed by atoms with Crippen LogP contribution in [0.1, 0.15) is 32.4 Å². The molecule has 0 saturated heterocycles. The Bertz CT molecular complexity index is 588. The SMILES string of the molecule is CCn1nc(CC(=O)CCC(C)CN)c2ccccc21. The summed E-state index contributed by atoms with van der Waals surface area (Å²) in [6.45, 7) is 5.60. The fourth-order valence-corrected chi connectivity index (χ4v) is 2.37. The Morgan fingerprint density at radius 1 is 1.40 bits per heavy atom. The second kappa shape index (κ2) is 6.66. The van der Waals surface area contributed by atoms with Gasteiger partial charge in [-0.05, 0) is 31.9 Å². The van der Waals surface area contributed by atoms with Crippen molar-refractivity contribution in [1.29, 1.82) is 0 Å². The first kappa shape index (κ1) is 14.7. The van der Waals surface area contributed by atoms with E-state index >= 15 is 0 Å². The van der Waals surface area contributed by atoms with Crippen LogP contribution in [-0.4, -0.2) is 22.1 Å². The lowest BCUT2D eigenvalue weighted by Crippen LogP contribution is -2.13. The molecule has 0 radical (unpaired) electrons. The topological polar surface area (TPSA) is 60.9 Å². The minimum atomic E-state index is 0.247. The maximum absolute atomic E-state index is 12.1. The maximum atomic E-state index is 12.1. The molecule has 2 N–H and O–H groups in total. The predicted octanol–water partition coefficient (Wildman–Crippen LogP) is 2.54. The van der Waals surface area contributed by atoms with Crippen LogP contribution in [0.5, 0.6) is 0 Å². The van der Waals surface area contributed by atoms with Crippen molar-refractivity contribution in [2.24, 2.45) is 11.7 Å². The van der Waals surface area contributed by atoms with Gasteiger partial charge in [-0.3, -0.25) is 9.48 Å². The first-order valence-corrected chi connectivity index (χ1v) is 7.31. The first-order valence-electron chi connectivity index (χ1n) is 7.31. The van der Waals surface area contributed by atoms with Crippen LogP contribution in [0.25, 0.3) is 10.9 Å². The van der Waals surface area contributed by atoms with Crippen LogP contribution in [0.2, 0.25) is 0 Å². The first-order chi connectivity index (χ1) is 9.65. The highest BCUT2D eigenvalue weighted by Crippen LogP contribution is 2.19. The molecule has 0 fully saturated rings. The highest BCUT2D eigenvalue weighted by atomic mass is 16.1. The molecule has 0 bridgehead atoms. The second-order valence-electron chi connectivity index (χ2n) is 5.37. The van der Waals surface area contributed by atoms with Gasteiger partial charge >= 0.3 is 0 Å². The standard InChI is InChI=1S/C16H23N3O/c1-3-19-16-7-5-4-6-14(16)15(18-19)10-13(20)9-8-12(2)11-17/h4-7,12H,3,8-11,17H2,1-2H3. The van der Waals surface area contributed by atoms with Gasteiger partial charge < -0.3 is 5.73 Å². The molecule has 1 unspecified atom stereocenters. The third-order valence-electron chi connectivity index (χ3n) is 3.72. The molecule has 2 aromatic rings. The highest BCUT2D eigenvalue weighted by molar-refractivity contribution is 5.88. The third kappa shape index (κ3) is 3.25. The number of hydrogen-bond donors (Lipinski definition) is 1. The Balaban J connectivity index is 2.11. The summed E-state index contributed by atoms with van der Waals surface area (Å²) in [4.78, 5) is 12.1. The van der Waals surface area contributed by atoms with Crippen molar-refractivity contribution in [2.45, 2.75) is 39.7 Å². The average molecular weight is 273 g/mol. The molecule has 4 heteroatoms. The molecule has 0 aliphatic carbocycles. The molecular weight excluding hydrogens is 250 g/mol. The minimum absolute atomic E-state index is 0.247. The van der Waals surface area contributed by atoms with Gasteiger partial charge in [0.2, 0.25) is 0 Å². The number of nitrogens with two attached hydrogens (primary N) is 1. The summed E-state index contributed by atoms with van der Waals surface area (Å²) in [5, 5.41) is 5.66. The van der Waals surface area contributed by atoms with Crippen LogP contribution < -0.4 is 5.73 Å². The largest absolute Gasteiger partial charge is 0.330 e. The van der Waals surface area contributed by atoms with E-state index in [-0.39, 0.29) is 5.78 Å². The van der Waals surface area contributed by atoms with Gasteiger partial charge in [-0.25, -0.2) is 0 Å². The Kier molecular flexibility index (Phi) is 4.90. The Morgan fingerprint density at radius 3 is 2.85 bits per heavy atom. The van der Waals surface area contributed by atoms with Gasteiger partial charge in [0.1, 0.15) is 5.78 Å². The number of benzene rings is 1. The average Bonchev–Trinajstić information content (AvgIpc) is 2.83. The van der Waals surface area contributed by atoms with Gasteiger partial charge in [0.15, 0.2) is 0 Å². The monoisotopic (exact) mass is 273 g/mol. The van der Waals surface area contributed by atoms with Crippen LogP contribution in [0.3, 0.4) is 0 Å². The van der Waals surface area contributed by atoms with Crippen molar-refractivity contribution in [2.75, 3.05) is 6.54 Å². The van der Waals surface area contributed by atoms with Crippen molar-refractivity contribution in [1.82, 2.24) is 9.78 Å². The smallest absolute Gasteiger partial charge is 0.138 e. The number of ketones is 1. The fourth-order valence-electron chi connectivity index (χ4n) is 2.37. The normalized spacial score (nSPS) is 12.8. The Labute approximate surface area is 120 Å². The molecule has 0 aliphatic rings.